The molecule has 1 fully saturated rings. The third-order valence-electron chi connectivity index (χ3n) is 2.28. The van der Waals surface area contributed by atoms with Crippen molar-refractivity contribution in [2.24, 2.45) is 0 Å². The molecule has 0 radical (unpaired) electrons. The number of carbonyl (C=O) groups is 2. The lowest BCUT2D eigenvalue weighted by Crippen LogP contribution is -2.47. The van der Waals surface area contributed by atoms with Crippen LogP contribution in [0.5, 0.6) is 0 Å². The molecular weight excluding hydrogens is 218 g/mol. The Kier molecular flexibility index (Phi) is 4.51. The molecule has 0 aromatic heterocycles. The topological polar surface area (TPSA) is 61.4 Å². The third-order valence-corrected chi connectivity index (χ3v) is 2.28. The first-order chi connectivity index (χ1) is 7.76. The summed E-state index contributed by atoms with van der Waals surface area (Å²) in [6.07, 6.45) is 2.17. The fourth-order valence-corrected chi connectivity index (χ4v) is 1.50. The van der Waals surface area contributed by atoms with E-state index in [1.54, 1.807) is 11.9 Å². The van der Waals surface area contributed by atoms with Gasteiger partial charge in [0.1, 0.15) is 0 Å². The molecule has 0 bridgehead atoms. The minimum Gasteiger partial charge on any atom is -0.352 e. The van der Waals surface area contributed by atoms with E-state index in [0.29, 0.717) is 6.04 Å². The van der Waals surface area contributed by atoms with E-state index >= 15 is 0 Å². The monoisotopic (exact) mass is 241 g/mol. The van der Waals surface area contributed by atoms with Crippen LogP contribution in [0, 0.1) is 0 Å². The maximum absolute atomic E-state index is 11.6. The lowest BCUT2D eigenvalue weighted by atomic mass is 10.1. The molecule has 0 aliphatic heterocycles. The highest BCUT2D eigenvalue weighted by Crippen LogP contribution is 2.18. The van der Waals surface area contributed by atoms with Gasteiger partial charge in [0.2, 0.25) is 11.8 Å². The van der Waals surface area contributed by atoms with Crippen LogP contribution in [0.25, 0.3) is 0 Å². The van der Waals surface area contributed by atoms with E-state index in [0.717, 1.165) is 12.8 Å². The van der Waals surface area contributed by atoms with E-state index in [2.05, 4.69) is 10.6 Å². The zero-order chi connectivity index (χ0) is 13.1. The van der Waals surface area contributed by atoms with E-state index in [4.69, 9.17) is 0 Å². The van der Waals surface area contributed by atoms with Crippen molar-refractivity contribution in [1.82, 2.24) is 15.5 Å². The van der Waals surface area contributed by atoms with E-state index in [1.807, 2.05) is 20.8 Å². The molecule has 1 saturated carbocycles. The Morgan fingerprint density at radius 2 is 1.71 bits per heavy atom. The number of likely N-dealkylation sites (N-methyl/N-ethyl adjacent to an activating group) is 1. The smallest absolute Gasteiger partial charge is 0.234 e. The lowest BCUT2D eigenvalue weighted by Gasteiger charge is -2.23. The third kappa shape index (κ3) is 6.94. The Hall–Kier alpha value is -1.10. The summed E-state index contributed by atoms with van der Waals surface area (Å²) in [6, 6.07) is 0.374. The van der Waals surface area contributed by atoms with Gasteiger partial charge in [-0.2, -0.15) is 0 Å². The molecule has 1 aliphatic rings. The highest BCUT2D eigenvalue weighted by atomic mass is 16.2. The summed E-state index contributed by atoms with van der Waals surface area (Å²) in [6.45, 7) is 6.32. The molecule has 0 atom stereocenters. The molecule has 0 aromatic carbocycles. The standard InChI is InChI=1S/C12H23N3O2/c1-12(2,3)14-11(17)8-15(4)7-10(16)13-9-5-6-9/h9H,5-8H2,1-4H3,(H,13,16)(H,14,17). The largest absolute Gasteiger partial charge is 0.352 e. The van der Waals surface area contributed by atoms with Crippen molar-refractivity contribution in [3.8, 4) is 0 Å². The summed E-state index contributed by atoms with van der Waals surface area (Å²) < 4.78 is 0. The van der Waals surface area contributed by atoms with Crippen molar-refractivity contribution in [2.45, 2.75) is 45.2 Å². The first-order valence-corrected chi connectivity index (χ1v) is 6.05. The fourth-order valence-electron chi connectivity index (χ4n) is 1.50. The van der Waals surface area contributed by atoms with Crippen molar-refractivity contribution in [3.05, 3.63) is 0 Å². The van der Waals surface area contributed by atoms with Gasteiger partial charge in [0.15, 0.2) is 0 Å². The summed E-state index contributed by atoms with van der Waals surface area (Å²) >= 11 is 0. The van der Waals surface area contributed by atoms with Crippen molar-refractivity contribution < 1.29 is 9.59 Å². The van der Waals surface area contributed by atoms with Gasteiger partial charge in [0.25, 0.3) is 0 Å². The van der Waals surface area contributed by atoms with Gasteiger partial charge in [0.05, 0.1) is 13.1 Å². The van der Waals surface area contributed by atoms with Crippen LogP contribution in [0.3, 0.4) is 0 Å². The summed E-state index contributed by atoms with van der Waals surface area (Å²) in [5.41, 5.74) is -0.228. The molecule has 2 N–H and O–H groups in total. The fraction of sp³-hybridized carbons (Fsp3) is 0.833. The molecule has 0 saturated heterocycles. The Bertz CT molecular complexity index is 293. The van der Waals surface area contributed by atoms with Crippen LogP contribution in [0.2, 0.25) is 0 Å². The summed E-state index contributed by atoms with van der Waals surface area (Å²) in [7, 11) is 1.77. The molecule has 5 heteroatoms. The predicted molar refractivity (Wildman–Crippen MR) is 66.6 cm³/mol. The van der Waals surface area contributed by atoms with Crippen LogP contribution >= 0.6 is 0 Å². The highest BCUT2D eigenvalue weighted by molar-refractivity contribution is 5.81. The van der Waals surface area contributed by atoms with Crippen LogP contribution in [-0.4, -0.2) is 48.4 Å². The van der Waals surface area contributed by atoms with Gasteiger partial charge in [-0.1, -0.05) is 0 Å². The maximum atomic E-state index is 11.6. The van der Waals surface area contributed by atoms with Gasteiger partial charge >= 0.3 is 0 Å². The average molecular weight is 241 g/mol. The number of hydrogen-bond acceptors (Lipinski definition) is 3. The predicted octanol–water partition coefficient (Wildman–Crippen LogP) is 0.112. The quantitative estimate of drug-likeness (QED) is 0.718. The SMILES string of the molecule is CN(CC(=O)NC1CC1)CC(=O)NC(C)(C)C. The van der Waals surface area contributed by atoms with Gasteiger partial charge in [-0.25, -0.2) is 0 Å². The molecule has 17 heavy (non-hydrogen) atoms. The zero-order valence-corrected chi connectivity index (χ0v) is 11.2. The average Bonchev–Trinajstić information content (AvgIpc) is 2.82. The second-order valence-electron chi connectivity index (χ2n) is 5.81. The minimum atomic E-state index is -0.228. The number of nitrogens with one attached hydrogen (secondary N) is 2. The molecule has 2 amide bonds. The molecule has 1 aliphatic carbocycles. The molecular formula is C12H23N3O2. The Balaban J connectivity index is 2.20. The molecule has 98 valence electrons. The normalized spacial score (nSPS) is 15.8. The lowest BCUT2D eigenvalue weighted by molar-refractivity contribution is -0.125. The number of hydrogen-bond donors (Lipinski definition) is 2. The van der Waals surface area contributed by atoms with Crippen molar-refractivity contribution in [3.63, 3.8) is 0 Å². The summed E-state index contributed by atoms with van der Waals surface area (Å²) in [4.78, 5) is 24.8. The molecule has 0 aromatic rings. The van der Waals surface area contributed by atoms with Gasteiger partial charge < -0.3 is 10.6 Å². The summed E-state index contributed by atoms with van der Waals surface area (Å²) in [5, 5.41) is 5.76. The molecule has 0 spiro atoms. The number of amides is 2. The van der Waals surface area contributed by atoms with Gasteiger partial charge in [0, 0.05) is 11.6 Å². The van der Waals surface area contributed by atoms with Gasteiger partial charge in [-0.05, 0) is 40.7 Å². The van der Waals surface area contributed by atoms with E-state index in [-0.39, 0.29) is 30.4 Å². The number of carbonyl (C=O) groups excluding carboxylic acids is 2. The van der Waals surface area contributed by atoms with E-state index < -0.39 is 0 Å². The van der Waals surface area contributed by atoms with E-state index in [1.165, 1.54) is 0 Å². The van der Waals surface area contributed by atoms with Crippen molar-refractivity contribution in [2.75, 3.05) is 20.1 Å². The van der Waals surface area contributed by atoms with Crippen LogP contribution in [0.1, 0.15) is 33.6 Å². The molecule has 0 heterocycles. The second kappa shape index (κ2) is 5.49. The molecule has 1 rings (SSSR count). The highest BCUT2D eigenvalue weighted by Gasteiger charge is 2.24. The number of nitrogens with zero attached hydrogens (tertiary/aromatic N) is 1. The first-order valence-electron chi connectivity index (χ1n) is 6.05. The van der Waals surface area contributed by atoms with Crippen molar-refractivity contribution >= 4 is 11.8 Å². The van der Waals surface area contributed by atoms with Crippen LogP contribution in [0.4, 0.5) is 0 Å². The molecule has 0 unspecified atom stereocenters. The molecule has 5 nitrogen and oxygen atoms in total. The van der Waals surface area contributed by atoms with Crippen LogP contribution in [0.15, 0.2) is 0 Å². The maximum Gasteiger partial charge on any atom is 0.234 e. The first kappa shape index (κ1) is 14.0. The van der Waals surface area contributed by atoms with E-state index in [9.17, 15) is 9.59 Å². The number of rotatable bonds is 5. The minimum absolute atomic E-state index is 0.00133. The Morgan fingerprint density at radius 1 is 1.18 bits per heavy atom. The zero-order valence-electron chi connectivity index (χ0n) is 11.2. The summed E-state index contributed by atoms with van der Waals surface area (Å²) in [5.74, 6) is -0.0576. The second-order valence-corrected chi connectivity index (χ2v) is 5.81. The van der Waals surface area contributed by atoms with Crippen molar-refractivity contribution in [1.29, 1.82) is 0 Å². The van der Waals surface area contributed by atoms with Crippen LogP contribution in [-0.2, 0) is 9.59 Å². The van der Waals surface area contributed by atoms with Crippen LogP contribution < -0.4 is 10.6 Å². The van der Waals surface area contributed by atoms with Gasteiger partial charge in [-0.15, -0.1) is 0 Å². The Morgan fingerprint density at radius 3 is 2.18 bits per heavy atom. The van der Waals surface area contributed by atoms with Gasteiger partial charge in [-0.3, -0.25) is 14.5 Å². The Labute approximate surface area is 103 Å².